The van der Waals surface area contributed by atoms with Crippen molar-refractivity contribution >= 4 is 5.78 Å². The fourth-order valence-electron chi connectivity index (χ4n) is 1.54. The summed E-state index contributed by atoms with van der Waals surface area (Å²) in [6, 6.07) is 6.55. The molecule has 1 aliphatic carbocycles. The Morgan fingerprint density at radius 3 is 2.81 bits per heavy atom. The third-order valence-corrected chi connectivity index (χ3v) is 2.42. The monoisotopic (exact) mass is 212 g/mol. The molecule has 2 nitrogen and oxygen atoms in total. The molecular weight excluding hydrogens is 200 g/mol. The van der Waals surface area contributed by atoms with E-state index in [0.29, 0.717) is 5.56 Å². The first kappa shape index (κ1) is 10.4. The summed E-state index contributed by atoms with van der Waals surface area (Å²) in [5.41, 5.74) is 1.44. The molecule has 0 radical (unpaired) electrons. The molecule has 16 heavy (non-hydrogen) atoms. The van der Waals surface area contributed by atoms with E-state index in [2.05, 4.69) is 0 Å². The van der Waals surface area contributed by atoms with E-state index in [1.165, 1.54) is 12.1 Å². The third-order valence-electron chi connectivity index (χ3n) is 2.42. The molecule has 0 spiro atoms. The summed E-state index contributed by atoms with van der Waals surface area (Å²) in [6.07, 6.45) is 10.1. The first-order chi connectivity index (χ1) is 7.77. The molecule has 1 aliphatic rings. The number of rotatable bonds is 3. The first-order valence-corrected chi connectivity index (χ1v) is 5.13. The molecule has 0 heterocycles. The molecule has 0 bridgehead atoms. The minimum atomic E-state index is -0.175. The highest BCUT2D eigenvalue weighted by molar-refractivity contribution is 6.06. The van der Waals surface area contributed by atoms with E-state index in [9.17, 15) is 9.90 Å². The lowest BCUT2D eigenvalue weighted by atomic mass is 10.1. The van der Waals surface area contributed by atoms with Crippen LogP contribution in [0.1, 0.15) is 16.8 Å². The van der Waals surface area contributed by atoms with Gasteiger partial charge in [0.1, 0.15) is 5.75 Å². The van der Waals surface area contributed by atoms with Gasteiger partial charge < -0.3 is 5.11 Å². The number of hydrogen-bond donors (Lipinski definition) is 1. The van der Waals surface area contributed by atoms with Crippen LogP contribution in [0.2, 0.25) is 0 Å². The van der Waals surface area contributed by atoms with Crippen molar-refractivity contribution in [3.05, 3.63) is 65.8 Å². The van der Waals surface area contributed by atoms with Crippen LogP contribution in [0.25, 0.3) is 0 Å². The summed E-state index contributed by atoms with van der Waals surface area (Å²) in [5, 5.41) is 9.49. The molecule has 0 fully saturated rings. The summed E-state index contributed by atoms with van der Waals surface area (Å²) in [6.45, 7) is 0. The van der Waals surface area contributed by atoms with Crippen molar-refractivity contribution in [1.82, 2.24) is 0 Å². The van der Waals surface area contributed by atoms with E-state index in [1.54, 1.807) is 24.3 Å². The Balaban J connectivity index is 2.12. The molecule has 0 saturated carbocycles. The van der Waals surface area contributed by atoms with Crippen molar-refractivity contribution < 1.29 is 9.90 Å². The highest BCUT2D eigenvalue weighted by Gasteiger charge is 2.06. The van der Waals surface area contributed by atoms with Gasteiger partial charge in [0.05, 0.1) is 5.56 Å². The second-order valence-electron chi connectivity index (χ2n) is 3.59. The fraction of sp³-hybridized carbons (Fsp3) is 0.0714. The van der Waals surface area contributed by atoms with Gasteiger partial charge in [0.15, 0.2) is 5.78 Å². The van der Waals surface area contributed by atoms with E-state index in [4.69, 9.17) is 0 Å². The number of benzene rings is 1. The highest BCUT2D eigenvalue weighted by Crippen LogP contribution is 2.17. The zero-order valence-corrected chi connectivity index (χ0v) is 8.76. The van der Waals surface area contributed by atoms with Crippen LogP contribution in [0.5, 0.6) is 5.75 Å². The van der Waals surface area contributed by atoms with Crippen molar-refractivity contribution in [1.29, 1.82) is 0 Å². The molecule has 0 aliphatic heterocycles. The van der Waals surface area contributed by atoms with Gasteiger partial charge in [-0.1, -0.05) is 36.4 Å². The van der Waals surface area contributed by atoms with Gasteiger partial charge in [0, 0.05) is 0 Å². The molecule has 1 aromatic rings. The maximum Gasteiger partial charge on any atom is 0.189 e. The van der Waals surface area contributed by atoms with Crippen LogP contribution in [0.3, 0.4) is 0 Å². The zero-order valence-electron chi connectivity index (χ0n) is 8.76. The maximum atomic E-state index is 11.7. The minimum absolute atomic E-state index is 0.0238. The smallest absolute Gasteiger partial charge is 0.189 e. The predicted octanol–water partition coefficient (Wildman–Crippen LogP) is 3.02. The van der Waals surface area contributed by atoms with Gasteiger partial charge in [0.2, 0.25) is 0 Å². The second-order valence-corrected chi connectivity index (χ2v) is 3.59. The Morgan fingerprint density at radius 2 is 2.12 bits per heavy atom. The lowest BCUT2D eigenvalue weighted by Gasteiger charge is -1.98. The highest BCUT2D eigenvalue weighted by atomic mass is 16.3. The van der Waals surface area contributed by atoms with Crippen molar-refractivity contribution in [2.45, 2.75) is 6.42 Å². The number of carbonyl (C=O) groups is 1. The number of hydrogen-bond acceptors (Lipinski definition) is 2. The van der Waals surface area contributed by atoms with E-state index in [0.717, 1.165) is 12.0 Å². The van der Waals surface area contributed by atoms with E-state index < -0.39 is 0 Å². The third kappa shape index (κ3) is 2.28. The Bertz CT molecular complexity index is 493. The lowest BCUT2D eigenvalue weighted by molar-refractivity contribution is 0.104. The topological polar surface area (TPSA) is 37.3 Å². The van der Waals surface area contributed by atoms with Crippen molar-refractivity contribution in [2.75, 3.05) is 0 Å². The Kier molecular flexibility index (Phi) is 3.01. The molecule has 2 rings (SSSR count). The van der Waals surface area contributed by atoms with Crippen LogP contribution in [0, 0.1) is 0 Å². The summed E-state index contributed by atoms with van der Waals surface area (Å²) in [7, 11) is 0. The second kappa shape index (κ2) is 4.62. The van der Waals surface area contributed by atoms with Gasteiger partial charge in [-0.2, -0.15) is 0 Å². The number of phenolic OH excluding ortho intramolecular Hbond substituents is 1. The molecular formula is C14H12O2. The summed E-state index contributed by atoms with van der Waals surface area (Å²) in [5.74, 6) is -0.151. The van der Waals surface area contributed by atoms with Gasteiger partial charge in [-0.3, -0.25) is 4.79 Å². The standard InChI is InChI=1S/C14H12O2/c15-13-8-4-3-7-12(13)14(16)10-9-11-5-1-2-6-11/h1-5,7-10,15H,6H2/b10-9+. The van der Waals surface area contributed by atoms with Gasteiger partial charge >= 0.3 is 0 Å². The normalized spacial score (nSPS) is 14.4. The molecule has 0 amide bonds. The predicted molar refractivity (Wildman–Crippen MR) is 63.4 cm³/mol. The number of allylic oxidation sites excluding steroid dienone is 6. The Morgan fingerprint density at radius 1 is 1.31 bits per heavy atom. The van der Waals surface area contributed by atoms with Gasteiger partial charge in [-0.25, -0.2) is 0 Å². The van der Waals surface area contributed by atoms with Crippen molar-refractivity contribution in [3.8, 4) is 5.75 Å². The van der Waals surface area contributed by atoms with Crippen LogP contribution in [-0.4, -0.2) is 10.9 Å². The molecule has 2 heteroatoms. The maximum absolute atomic E-state index is 11.7. The van der Waals surface area contributed by atoms with Gasteiger partial charge in [0.25, 0.3) is 0 Å². The summed E-state index contributed by atoms with van der Waals surface area (Å²) >= 11 is 0. The molecule has 0 atom stereocenters. The zero-order chi connectivity index (χ0) is 11.4. The number of aromatic hydroxyl groups is 1. The van der Waals surface area contributed by atoms with Crippen LogP contribution >= 0.6 is 0 Å². The number of para-hydroxylation sites is 1. The number of ketones is 1. The lowest BCUT2D eigenvalue weighted by Crippen LogP contribution is -1.94. The average Bonchev–Trinajstić information content (AvgIpc) is 2.79. The molecule has 0 unspecified atom stereocenters. The quantitative estimate of drug-likeness (QED) is 0.617. The van der Waals surface area contributed by atoms with Crippen LogP contribution in [-0.2, 0) is 0 Å². The number of phenols is 1. The van der Waals surface area contributed by atoms with E-state index in [1.807, 2.05) is 18.2 Å². The average molecular weight is 212 g/mol. The molecule has 1 aromatic carbocycles. The van der Waals surface area contributed by atoms with Gasteiger partial charge in [-0.05, 0) is 30.2 Å². The van der Waals surface area contributed by atoms with Crippen LogP contribution in [0.15, 0.2) is 60.2 Å². The molecule has 80 valence electrons. The Hall–Kier alpha value is -2.09. The van der Waals surface area contributed by atoms with E-state index in [-0.39, 0.29) is 11.5 Å². The number of carbonyl (C=O) groups excluding carboxylic acids is 1. The Labute approximate surface area is 94.2 Å². The molecule has 0 aromatic heterocycles. The van der Waals surface area contributed by atoms with Crippen LogP contribution < -0.4 is 0 Å². The SMILES string of the molecule is O=C(/C=C/C1=CC=CC1)c1ccccc1O. The van der Waals surface area contributed by atoms with Crippen LogP contribution in [0.4, 0.5) is 0 Å². The largest absolute Gasteiger partial charge is 0.507 e. The molecule has 1 N–H and O–H groups in total. The fourth-order valence-corrected chi connectivity index (χ4v) is 1.54. The first-order valence-electron chi connectivity index (χ1n) is 5.13. The molecule has 0 saturated heterocycles. The summed E-state index contributed by atoms with van der Waals surface area (Å²) < 4.78 is 0. The van der Waals surface area contributed by atoms with Crippen molar-refractivity contribution in [3.63, 3.8) is 0 Å². The van der Waals surface area contributed by atoms with Crippen molar-refractivity contribution in [2.24, 2.45) is 0 Å². The minimum Gasteiger partial charge on any atom is -0.507 e. The van der Waals surface area contributed by atoms with Gasteiger partial charge in [-0.15, -0.1) is 0 Å². The summed E-state index contributed by atoms with van der Waals surface area (Å²) in [4.78, 5) is 11.7. The van der Waals surface area contributed by atoms with E-state index >= 15 is 0 Å².